The third-order valence-corrected chi connectivity index (χ3v) is 3.65. The molecule has 1 heterocycles. The van der Waals surface area contributed by atoms with Gasteiger partial charge >= 0.3 is 0 Å². The topological polar surface area (TPSA) is 40.6 Å². The predicted molar refractivity (Wildman–Crippen MR) is 78.7 cm³/mol. The van der Waals surface area contributed by atoms with Gasteiger partial charge in [-0.15, -0.1) is 0 Å². The maximum atomic E-state index is 12.4. The van der Waals surface area contributed by atoms with E-state index in [-0.39, 0.29) is 18.4 Å². The van der Waals surface area contributed by atoms with E-state index in [0.29, 0.717) is 5.56 Å². The van der Waals surface area contributed by atoms with Crippen molar-refractivity contribution in [2.24, 2.45) is 0 Å². The third-order valence-electron chi connectivity index (χ3n) is 3.65. The lowest BCUT2D eigenvalue weighted by Crippen LogP contribution is -2.39. The van der Waals surface area contributed by atoms with E-state index in [0.717, 1.165) is 37.1 Å². The third kappa shape index (κ3) is 3.38. The Morgan fingerprint density at radius 1 is 1.10 bits per heavy atom. The maximum Gasteiger partial charge on any atom is 0.254 e. The second-order valence-electron chi connectivity index (χ2n) is 5.63. The van der Waals surface area contributed by atoms with Crippen LogP contribution in [0.5, 0.6) is 0 Å². The smallest absolute Gasteiger partial charge is 0.254 e. The van der Waals surface area contributed by atoms with Crippen LogP contribution in [-0.4, -0.2) is 48.3 Å². The molecule has 0 aliphatic carbocycles. The van der Waals surface area contributed by atoms with E-state index in [1.54, 1.807) is 7.05 Å². The van der Waals surface area contributed by atoms with E-state index >= 15 is 0 Å². The number of aryl methyl sites for hydroxylation is 2. The van der Waals surface area contributed by atoms with Crippen molar-refractivity contribution in [1.82, 2.24) is 9.80 Å². The molecule has 2 rings (SSSR count). The normalized spacial score (nSPS) is 14.4. The van der Waals surface area contributed by atoms with Crippen LogP contribution in [-0.2, 0) is 4.79 Å². The Balaban J connectivity index is 2.02. The molecule has 0 saturated carbocycles. The average Bonchev–Trinajstić information content (AvgIpc) is 2.90. The van der Waals surface area contributed by atoms with Gasteiger partial charge < -0.3 is 9.80 Å². The molecule has 1 aromatic rings. The molecule has 0 bridgehead atoms. The summed E-state index contributed by atoms with van der Waals surface area (Å²) >= 11 is 0. The predicted octanol–water partition coefficient (Wildman–Crippen LogP) is 2.00. The lowest BCUT2D eigenvalue weighted by molar-refractivity contribution is -0.130. The number of hydrogen-bond donors (Lipinski definition) is 0. The standard InChI is InChI=1S/C16H22N2O2/c1-12-8-13(2)10-14(9-12)16(20)17(3)11-15(19)18-6-4-5-7-18/h8-10H,4-7,11H2,1-3H3. The van der Waals surface area contributed by atoms with Gasteiger partial charge in [-0.2, -0.15) is 0 Å². The van der Waals surface area contributed by atoms with E-state index in [1.807, 2.05) is 36.9 Å². The summed E-state index contributed by atoms with van der Waals surface area (Å²) in [7, 11) is 1.69. The first-order valence-corrected chi connectivity index (χ1v) is 7.09. The van der Waals surface area contributed by atoms with Crippen molar-refractivity contribution in [2.75, 3.05) is 26.7 Å². The maximum absolute atomic E-state index is 12.4. The van der Waals surface area contributed by atoms with Gasteiger partial charge in [-0.25, -0.2) is 0 Å². The molecule has 0 N–H and O–H groups in total. The van der Waals surface area contributed by atoms with Crippen LogP contribution in [0.3, 0.4) is 0 Å². The first-order chi connectivity index (χ1) is 9.47. The zero-order chi connectivity index (χ0) is 14.7. The Morgan fingerprint density at radius 3 is 2.20 bits per heavy atom. The van der Waals surface area contributed by atoms with Crippen molar-refractivity contribution >= 4 is 11.8 Å². The van der Waals surface area contributed by atoms with Crippen LogP contribution in [0.4, 0.5) is 0 Å². The van der Waals surface area contributed by atoms with Gasteiger partial charge in [-0.1, -0.05) is 17.2 Å². The zero-order valence-corrected chi connectivity index (χ0v) is 12.5. The van der Waals surface area contributed by atoms with Crippen molar-refractivity contribution < 1.29 is 9.59 Å². The second-order valence-corrected chi connectivity index (χ2v) is 5.63. The lowest BCUT2D eigenvalue weighted by atomic mass is 10.1. The Kier molecular flexibility index (Phi) is 4.42. The van der Waals surface area contributed by atoms with Gasteiger partial charge in [0.1, 0.15) is 0 Å². The van der Waals surface area contributed by atoms with Crippen molar-refractivity contribution in [2.45, 2.75) is 26.7 Å². The summed E-state index contributed by atoms with van der Waals surface area (Å²) in [5, 5.41) is 0. The molecule has 4 heteroatoms. The number of hydrogen-bond acceptors (Lipinski definition) is 2. The van der Waals surface area contributed by atoms with Crippen LogP contribution >= 0.6 is 0 Å². The molecule has 1 aliphatic rings. The SMILES string of the molecule is Cc1cc(C)cc(C(=O)N(C)CC(=O)N2CCCC2)c1. The van der Waals surface area contributed by atoms with Gasteiger partial charge in [0.25, 0.3) is 5.91 Å². The van der Waals surface area contributed by atoms with Crippen LogP contribution in [0.25, 0.3) is 0 Å². The molecule has 1 aromatic carbocycles. The zero-order valence-electron chi connectivity index (χ0n) is 12.5. The molecular formula is C16H22N2O2. The first kappa shape index (κ1) is 14.6. The van der Waals surface area contributed by atoms with Crippen molar-refractivity contribution in [1.29, 1.82) is 0 Å². The summed E-state index contributed by atoms with van der Waals surface area (Å²) in [6.45, 7) is 5.75. The molecule has 4 nitrogen and oxygen atoms in total. The number of likely N-dealkylation sites (tertiary alicyclic amines) is 1. The van der Waals surface area contributed by atoms with Crippen LogP contribution < -0.4 is 0 Å². The molecule has 1 aliphatic heterocycles. The van der Waals surface area contributed by atoms with E-state index in [1.165, 1.54) is 4.90 Å². The highest BCUT2D eigenvalue weighted by Gasteiger charge is 2.21. The fourth-order valence-electron chi connectivity index (χ4n) is 2.66. The summed E-state index contributed by atoms with van der Waals surface area (Å²) in [5.74, 6) is -0.0490. The van der Waals surface area contributed by atoms with Gasteiger partial charge in [0.05, 0.1) is 6.54 Å². The Hall–Kier alpha value is -1.84. The minimum Gasteiger partial charge on any atom is -0.341 e. The molecule has 0 aromatic heterocycles. The van der Waals surface area contributed by atoms with E-state index < -0.39 is 0 Å². The average molecular weight is 274 g/mol. The van der Waals surface area contributed by atoms with Crippen LogP contribution in [0.2, 0.25) is 0 Å². The Bertz CT molecular complexity index is 499. The summed E-state index contributed by atoms with van der Waals surface area (Å²) in [6, 6.07) is 5.77. The van der Waals surface area contributed by atoms with Gasteiger partial charge in [0.2, 0.25) is 5.91 Å². The number of carbonyl (C=O) groups excluding carboxylic acids is 2. The van der Waals surface area contributed by atoms with E-state index in [9.17, 15) is 9.59 Å². The number of benzene rings is 1. The minimum atomic E-state index is -0.0932. The Morgan fingerprint density at radius 2 is 1.65 bits per heavy atom. The monoisotopic (exact) mass is 274 g/mol. The largest absolute Gasteiger partial charge is 0.341 e. The highest BCUT2D eigenvalue weighted by Crippen LogP contribution is 2.12. The van der Waals surface area contributed by atoms with Crippen molar-refractivity contribution in [3.8, 4) is 0 Å². The molecule has 1 saturated heterocycles. The molecule has 0 atom stereocenters. The second kappa shape index (κ2) is 6.07. The minimum absolute atomic E-state index is 0.0442. The summed E-state index contributed by atoms with van der Waals surface area (Å²) in [6.07, 6.45) is 2.14. The van der Waals surface area contributed by atoms with Crippen molar-refractivity contribution in [3.63, 3.8) is 0 Å². The molecule has 0 spiro atoms. The van der Waals surface area contributed by atoms with E-state index in [2.05, 4.69) is 0 Å². The molecule has 0 radical (unpaired) electrons. The lowest BCUT2D eigenvalue weighted by Gasteiger charge is -2.21. The molecule has 2 amide bonds. The quantitative estimate of drug-likeness (QED) is 0.846. The van der Waals surface area contributed by atoms with Gasteiger partial charge in [-0.3, -0.25) is 9.59 Å². The van der Waals surface area contributed by atoms with Crippen molar-refractivity contribution in [3.05, 3.63) is 34.9 Å². The Labute approximate surface area is 120 Å². The summed E-state index contributed by atoms with van der Waals surface area (Å²) < 4.78 is 0. The number of rotatable bonds is 3. The highest BCUT2D eigenvalue weighted by molar-refractivity contribution is 5.96. The summed E-state index contributed by atoms with van der Waals surface area (Å²) in [4.78, 5) is 27.8. The molecule has 20 heavy (non-hydrogen) atoms. The summed E-state index contributed by atoms with van der Waals surface area (Å²) in [5.41, 5.74) is 2.78. The van der Waals surface area contributed by atoms with Crippen LogP contribution in [0.15, 0.2) is 18.2 Å². The number of nitrogens with zero attached hydrogens (tertiary/aromatic N) is 2. The van der Waals surface area contributed by atoms with Crippen LogP contribution in [0, 0.1) is 13.8 Å². The molecule has 1 fully saturated rings. The van der Waals surface area contributed by atoms with Gasteiger partial charge in [0.15, 0.2) is 0 Å². The number of carbonyl (C=O) groups is 2. The molecular weight excluding hydrogens is 252 g/mol. The first-order valence-electron chi connectivity index (χ1n) is 7.09. The van der Waals surface area contributed by atoms with Gasteiger partial charge in [-0.05, 0) is 38.8 Å². The molecule has 0 unspecified atom stereocenters. The fraction of sp³-hybridized carbons (Fsp3) is 0.500. The number of likely N-dealkylation sites (N-methyl/N-ethyl adjacent to an activating group) is 1. The van der Waals surface area contributed by atoms with Gasteiger partial charge in [0, 0.05) is 25.7 Å². The molecule has 108 valence electrons. The fourth-order valence-corrected chi connectivity index (χ4v) is 2.66. The highest BCUT2D eigenvalue weighted by atomic mass is 16.2. The number of amides is 2. The van der Waals surface area contributed by atoms with Crippen LogP contribution in [0.1, 0.15) is 34.3 Å². The van der Waals surface area contributed by atoms with E-state index in [4.69, 9.17) is 0 Å².